The van der Waals surface area contributed by atoms with Crippen LogP contribution in [-0.2, 0) is 4.79 Å². The second kappa shape index (κ2) is 8.11. The Morgan fingerprint density at radius 1 is 1.00 bits per heavy atom. The van der Waals surface area contributed by atoms with E-state index in [0.29, 0.717) is 24.3 Å². The highest BCUT2D eigenvalue weighted by molar-refractivity contribution is 5.98. The quantitative estimate of drug-likeness (QED) is 0.849. The fraction of sp³-hybridized carbons (Fsp3) is 0.333. The number of benzene rings is 2. The summed E-state index contributed by atoms with van der Waals surface area (Å²) in [7, 11) is 0. The lowest BCUT2D eigenvalue weighted by atomic mass is 9.95. The van der Waals surface area contributed by atoms with Crippen molar-refractivity contribution >= 4 is 29.9 Å². The summed E-state index contributed by atoms with van der Waals surface area (Å²) in [5.41, 5.74) is 8.73. The molecule has 0 bridgehead atoms. The highest BCUT2D eigenvalue weighted by atomic mass is 35.5. The molecule has 2 amide bonds. The zero-order valence-corrected chi connectivity index (χ0v) is 15.8. The van der Waals surface area contributed by atoms with Crippen LogP contribution in [0.1, 0.15) is 34.7 Å². The number of nitrogens with two attached hydrogens (primary N) is 1. The average Bonchev–Trinajstić information content (AvgIpc) is 3.44. The van der Waals surface area contributed by atoms with Crippen molar-refractivity contribution in [1.82, 2.24) is 4.90 Å². The van der Waals surface area contributed by atoms with Gasteiger partial charge in [-0.05, 0) is 36.6 Å². The Morgan fingerprint density at radius 3 is 2.44 bits per heavy atom. The average molecular weight is 386 g/mol. The van der Waals surface area contributed by atoms with Crippen molar-refractivity contribution in [3.63, 3.8) is 0 Å². The van der Waals surface area contributed by atoms with Crippen molar-refractivity contribution < 1.29 is 9.59 Å². The standard InChI is InChI=1S/C21H23N3O2.ClH/c22-19-13-24(12-18(19)14-5-2-1-3-6-14)21(26)16-7-4-8-17(11-16)23-20(25)15-9-10-15;/h1-8,11,15,18-19H,9-10,12-13,22H2,(H,23,25);1H/t18-,19+;/m0./s1. The van der Waals surface area contributed by atoms with Gasteiger partial charge in [0.05, 0.1) is 0 Å². The lowest BCUT2D eigenvalue weighted by Crippen LogP contribution is -2.32. The van der Waals surface area contributed by atoms with E-state index in [1.54, 1.807) is 18.2 Å². The molecule has 1 aliphatic heterocycles. The Balaban J connectivity index is 0.00000210. The lowest BCUT2D eigenvalue weighted by Gasteiger charge is -2.17. The number of carbonyl (C=O) groups excluding carboxylic acids is 2. The van der Waals surface area contributed by atoms with Crippen LogP contribution in [0.15, 0.2) is 54.6 Å². The molecule has 142 valence electrons. The van der Waals surface area contributed by atoms with Gasteiger partial charge in [0.1, 0.15) is 0 Å². The summed E-state index contributed by atoms with van der Waals surface area (Å²) in [6.07, 6.45) is 1.91. The predicted molar refractivity (Wildman–Crippen MR) is 108 cm³/mol. The minimum absolute atomic E-state index is 0. The zero-order chi connectivity index (χ0) is 18.1. The Morgan fingerprint density at radius 2 is 1.74 bits per heavy atom. The Labute approximate surface area is 165 Å². The van der Waals surface area contributed by atoms with Gasteiger partial charge in [0.25, 0.3) is 5.91 Å². The van der Waals surface area contributed by atoms with Crippen molar-refractivity contribution in [2.24, 2.45) is 11.7 Å². The van der Waals surface area contributed by atoms with Gasteiger partial charge in [-0.1, -0.05) is 36.4 Å². The number of anilines is 1. The van der Waals surface area contributed by atoms with E-state index in [9.17, 15) is 9.59 Å². The van der Waals surface area contributed by atoms with Crippen molar-refractivity contribution in [2.45, 2.75) is 24.8 Å². The van der Waals surface area contributed by atoms with Crippen LogP contribution in [0.25, 0.3) is 0 Å². The first kappa shape index (κ1) is 19.4. The highest BCUT2D eigenvalue weighted by Crippen LogP contribution is 2.31. The van der Waals surface area contributed by atoms with E-state index in [2.05, 4.69) is 17.4 Å². The third-order valence-corrected chi connectivity index (χ3v) is 5.21. The normalized spacial score (nSPS) is 21.4. The molecule has 1 aliphatic carbocycles. The number of halogens is 1. The number of nitrogens with one attached hydrogen (secondary N) is 1. The molecular weight excluding hydrogens is 362 g/mol. The maximum absolute atomic E-state index is 12.9. The van der Waals surface area contributed by atoms with Gasteiger partial charge in [-0.15, -0.1) is 12.4 Å². The fourth-order valence-electron chi connectivity index (χ4n) is 3.55. The summed E-state index contributed by atoms with van der Waals surface area (Å²) < 4.78 is 0. The molecule has 2 aromatic carbocycles. The molecule has 2 atom stereocenters. The summed E-state index contributed by atoms with van der Waals surface area (Å²) in [6, 6.07) is 17.2. The van der Waals surface area contributed by atoms with Crippen LogP contribution < -0.4 is 11.1 Å². The summed E-state index contributed by atoms with van der Waals surface area (Å²) in [5, 5.41) is 2.90. The van der Waals surface area contributed by atoms with Crippen LogP contribution in [-0.4, -0.2) is 35.8 Å². The molecule has 5 nitrogen and oxygen atoms in total. The van der Waals surface area contributed by atoms with Crippen molar-refractivity contribution in [3.8, 4) is 0 Å². The van der Waals surface area contributed by atoms with Gasteiger partial charge in [-0.3, -0.25) is 9.59 Å². The maximum Gasteiger partial charge on any atom is 0.254 e. The number of nitrogens with zero attached hydrogens (tertiary/aromatic N) is 1. The van der Waals surface area contributed by atoms with Crippen molar-refractivity contribution in [1.29, 1.82) is 0 Å². The molecule has 0 unspecified atom stereocenters. The van der Waals surface area contributed by atoms with E-state index in [1.807, 2.05) is 29.2 Å². The molecule has 2 aromatic rings. The monoisotopic (exact) mass is 385 g/mol. The van der Waals surface area contributed by atoms with E-state index in [-0.39, 0.29) is 42.1 Å². The summed E-state index contributed by atoms with van der Waals surface area (Å²) >= 11 is 0. The largest absolute Gasteiger partial charge is 0.336 e. The lowest BCUT2D eigenvalue weighted by molar-refractivity contribution is -0.117. The van der Waals surface area contributed by atoms with Crippen LogP contribution in [0.3, 0.4) is 0 Å². The van der Waals surface area contributed by atoms with E-state index >= 15 is 0 Å². The minimum Gasteiger partial charge on any atom is -0.336 e. The number of carbonyl (C=O) groups is 2. The van der Waals surface area contributed by atoms with Gasteiger partial charge in [0.2, 0.25) is 5.91 Å². The van der Waals surface area contributed by atoms with Crippen molar-refractivity contribution in [3.05, 3.63) is 65.7 Å². The first-order valence-electron chi connectivity index (χ1n) is 9.12. The van der Waals surface area contributed by atoms with Gasteiger partial charge in [-0.2, -0.15) is 0 Å². The zero-order valence-electron chi connectivity index (χ0n) is 15.0. The summed E-state index contributed by atoms with van der Waals surface area (Å²) in [4.78, 5) is 26.7. The van der Waals surface area contributed by atoms with E-state index in [0.717, 1.165) is 12.8 Å². The SMILES string of the molecule is Cl.N[C@@H]1CN(C(=O)c2cccc(NC(=O)C3CC3)c2)C[C@H]1c1ccccc1. The Bertz CT molecular complexity index is 823. The van der Waals surface area contributed by atoms with Gasteiger partial charge in [0.15, 0.2) is 0 Å². The van der Waals surface area contributed by atoms with E-state index < -0.39 is 0 Å². The van der Waals surface area contributed by atoms with Crippen LogP contribution in [0.4, 0.5) is 5.69 Å². The van der Waals surface area contributed by atoms with Crippen LogP contribution >= 0.6 is 12.4 Å². The number of rotatable bonds is 4. The third kappa shape index (κ3) is 4.31. The molecule has 0 radical (unpaired) electrons. The van der Waals surface area contributed by atoms with E-state index in [1.165, 1.54) is 5.56 Å². The summed E-state index contributed by atoms with van der Waals surface area (Å²) in [5.74, 6) is 0.291. The molecule has 3 N–H and O–H groups in total. The van der Waals surface area contributed by atoms with Gasteiger partial charge >= 0.3 is 0 Å². The van der Waals surface area contributed by atoms with Crippen molar-refractivity contribution in [2.75, 3.05) is 18.4 Å². The van der Waals surface area contributed by atoms with Gasteiger partial charge in [-0.25, -0.2) is 0 Å². The number of amides is 2. The predicted octanol–water partition coefficient (Wildman–Crippen LogP) is 3.02. The van der Waals surface area contributed by atoms with Gasteiger partial charge < -0.3 is 16.0 Å². The van der Waals surface area contributed by atoms with Crippen LogP contribution in [0.2, 0.25) is 0 Å². The molecular formula is C21H24ClN3O2. The van der Waals surface area contributed by atoms with E-state index in [4.69, 9.17) is 5.73 Å². The molecule has 0 spiro atoms. The van der Waals surface area contributed by atoms with Gasteiger partial charge in [0, 0.05) is 42.2 Å². The molecule has 4 rings (SSSR count). The van der Waals surface area contributed by atoms with Crippen LogP contribution in [0, 0.1) is 5.92 Å². The molecule has 1 saturated heterocycles. The smallest absolute Gasteiger partial charge is 0.254 e. The maximum atomic E-state index is 12.9. The molecule has 0 aromatic heterocycles. The number of hydrogen-bond donors (Lipinski definition) is 2. The number of likely N-dealkylation sites (tertiary alicyclic amines) is 1. The molecule has 1 heterocycles. The molecule has 27 heavy (non-hydrogen) atoms. The fourth-order valence-corrected chi connectivity index (χ4v) is 3.55. The highest BCUT2D eigenvalue weighted by Gasteiger charge is 2.34. The second-order valence-electron chi connectivity index (χ2n) is 7.24. The van der Waals surface area contributed by atoms with Crippen LogP contribution in [0.5, 0.6) is 0 Å². The summed E-state index contributed by atoms with van der Waals surface area (Å²) in [6.45, 7) is 1.15. The molecule has 6 heteroatoms. The molecule has 1 saturated carbocycles. The first-order chi connectivity index (χ1) is 12.6. The molecule has 2 fully saturated rings. The molecule has 2 aliphatic rings. The Kier molecular flexibility index (Phi) is 5.82. The first-order valence-corrected chi connectivity index (χ1v) is 9.12. The Hall–Kier alpha value is -2.37. The topological polar surface area (TPSA) is 75.4 Å². The number of hydrogen-bond acceptors (Lipinski definition) is 3. The minimum atomic E-state index is -0.0703. The third-order valence-electron chi connectivity index (χ3n) is 5.21. The second-order valence-corrected chi connectivity index (χ2v) is 7.24.